The number of primary sulfonamides is 1. The van der Waals surface area contributed by atoms with Crippen LogP contribution in [0.4, 0.5) is 0 Å². The minimum atomic E-state index is -3.74. The number of sulfonamides is 1. The van der Waals surface area contributed by atoms with Crippen molar-refractivity contribution in [2.45, 2.75) is 24.9 Å². The van der Waals surface area contributed by atoms with Gasteiger partial charge >= 0.3 is 0 Å². The maximum Gasteiger partial charge on any atom is 0.257 e. The van der Waals surface area contributed by atoms with E-state index in [0.29, 0.717) is 12.4 Å². The van der Waals surface area contributed by atoms with Crippen LogP contribution in [0.15, 0.2) is 35.5 Å². The number of aromatic nitrogens is 2. The highest BCUT2D eigenvalue weighted by Crippen LogP contribution is 2.13. The summed E-state index contributed by atoms with van der Waals surface area (Å²) in [5, 5.41) is 4.97. The summed E-state index contributed by atoms with van der Waals surface area (Å²) in [5.74, 6) is 1.44. The van der Waals surface area contributed by atoms with Crippen LogP contribution in [-0.4, -0.2) is 25.1 Å². The van der Waals surface area contributed by atoms with Gasteiger partial charge in [-0.2, -0.15) is 0 Å². The van der Waals surface area contributed by atoms with E-state index < -0.39 is 10.0 Å². The summed E-state index contributed by atoms with van der Waals surface area (Å²) in [6.45, 7) is 2.39. The van der Waals surface area contributed by atoms with Gasteiger partial charge in [-0.1, -0.05) is 12.1 Å². The van der Waals surface area contributed by atoms with Gasteiger partial charge in [0.25, 0.3) is 10.0 Å². The highest BCUT2D eigenvalue weighted by Gasteiger charge is 2.13. The molecular weight excluding hydrogens is 278 g/mol. The molecule has 0 saturated carbocycles. The molecule has 20 heavy (non-hydrogen) atoms. The molecule has 0 aliphatic carbocycles. The molecule has 0 amide bonds. The van der Waals surface area contributed by atoms with Crippen LogP contribution in [0.5, 0.6) is 5.75 Å². The predicted octanol–water partition coefficient (Wildman–Crippen LogP) is 1.09. The van der Waals surface area contributed by atoms with Crippen molar-refractivity contribution in [1.82, 2.24) is 9.55 Å². The number of hydrogen-bond acceptors (Lipinski definition) is 4. The number of nitrogens with zero attached hydrogens (tertiary/aromatic N) is 2. The lowest BCUT2D eigenvalue weighted by molar-refractivity contribution is 0.414. The molecule has 0 saturated heterocycles. The topological polar surface area (TPSA) is 87.2 Å². The number of imidazole rings is 1. The Morgan fingerprint density at radius 3 is 2.45 bits per heavy atom. The first-order valence-corrected chi connectivity index (χ1v) is 7.64. The molecule has 0 spiro atoms. The van der Waals surface area contributed by atoms with Crippen LogP contribution in [0.2, 0.25) is 0 Å². The largest absolute Gasteiger partial charge is 0.497 e. The number of rotatable bonds is 5. The van der Waals surface area contributed by atoms with Crippen molar-refractivity contribution in [2.24, 2.45) is 5.14 Å². The third-order valence-electron chi connectivity index (χ3n) is 3.05. The van der Waals surface area contributed by atoms with E-state index in [9.17, 15) is 8.42 Å². The summed E-state index contributed by atoms with van der Waals surface area (Å²) in [6.07, 6.45) is 2.24. The Bertz CT molecular complexity index is 690. The highest BCUT2D eigenvalue weighted by atomic mass is 32.2. The Labute approximate surface area is 118 Å². The minimum absolute atomic E-state index is 0.0928. The summed E-state index contributed by atoms with van der Waals surface area (Å²) in [5.41, 5.74) is 1.14. The molecule has 1 aromatic heterocycles. The van der Waals surface area contributed by atoms with Crippen LogP contribution in [0.25, 0.3) is 0 Å². The Kier molecular flexibility index (Phi) is 4.10. The molecule has 6 nitrogen and oxygen atoms in total. The van der Waals surface area contributed by atoms with Gasteiger partial charge in [0.1, 0.15) is 11.6 Å². The van der Waals surface area contributed by atoms with Crippen molar-refractivity contribution in [3.63, 3.8) is 0 Å². The number of aryl methyl sites for hydroxylation is 3. The Hall–Kier alpha value is -1.86. The van der Waals surface area contributed by atoms with E-state index in [4.69, 9.17) is 9.88 Å². The molecule has 1 aromatic carbocycles. The molecule has 0 aliphatic rings. The van der Waals surface area contributed by atoms with Crippen LogP contribution in [-0.2, 0) is 23.0 Å². The quantitative estimate of drug-likeness (QED) is 0.894. The van der Waals surface area contributed by atoms with Crippen molar-refractivity contribution in [3.8, 4) is 5.75 Å². The summed E-state index contributed by atoms with van der Waals surface area (Å²) < 4.78 is 29.3. The van der Waals surface area contributed by atoms with Crippen LogP contribution in [0.1, 0.15) is 11.4 Å². The van der Waals surface area contributed by atoms with Gasteiger partial charge in [0.05, 0.1) is 7.11 Å². The number of nitrogens with two attached hydrogens (primary N) is 1. The normalized spacial score (nSPS) is 11.6. The van der Waals surface area contributed by atoms with E-state index in [1.807, 2.05) is 24.3 Å². The average molecular weight is 295 g/mol. The van der Waals surface area contributed by atoms with Crippen molar-refractivity contribution < 1.29 is 13.2 Å². The fraction of sp³-hybridized carbons (Fsp3) is 0.308. The van der Waals surface area contributed by atoms with Crippen molar-refractivity contribution in [2.75, 3.05) is 7.11 Å². The fourth-order valence-corrected chi connectivity index (χ4v) is 2.42. The zero-order valence-corrected chi connectivity index (χ0v) is 12.2. The zero-order chi connectivity index (χ0) is 14.8. The van der Waals surface area contributed by atoms with Crippen molar-refractivity contribution >= 4 is 10.0 Å². The van der Waals surface area contributed by atoms with Gasteiger partial charge in [0.2, 0.25) is 0 Å². The van der Waals surface area contributed by atoms with E-state index in [1.54, 1.807) is 18.6 Å². The molecule has 1 heterocycles. The lowest BCUT2D eigenvalue weighted by Gasteiger charge is -2.06. The SMILES string of the molecule is COc1ccc(CCn2cc(S(N)(=O)=O)nc2C)cc1. The highest BCUT2D eigenvalue weighted by molar-refractivity contribution is 7.89. The monoisotopic (exact) mass is 295 g/mol. The number of benzene rings is 1. The molecule has 2 N–H and O–H groups in total. The first-order valence-electron chi connectivity index (χ1n) is 6.09. The third-order valence-corrected chi connectivity index (χ3v) is 3.83. The van der Waals surface area contributed by atoms with Gasteiger partial charge in [-0.15, -0.1) is 0 Å². The maximum atomic E-state index is 11.2. The number of methoxy groups -OCH3 is 1. The Morgan fingerprint density at radius 2 is 1.95 bits per heavy atom. The zero-order valence-electron chi connectivity index (χ0n) is 11.4. The second-order valence-electron chi connectivity index (χ2n) is 4.46. The minimum Gasteiger partial charge on any atom is -0.497 e. The van der Waals surface area contributed by atoms with Gasteiger partial charge in [0.15, 0.2) is 5.03 Å². The molecule has 0 atom stereocenters. The second-order valence-corrected chi connectivity index (χ2v) is 5.97. The summed E-state index contributed by atoms with van der Waals surface area (Å²) >= 11 is 0. The molecule has 0 unspecified atom stereocenters. The molecule has 0 aliphatic heterocycles. The van der Waals surface area contributed by atoms with E-state index in [0.717, 1.165) is 17.7 Å². The van der Waals surface area contributed by atoms with E-state index in [-0.39, 0.29) is 5.03 Å². The van der Waals surface area contributed by atoms with Crippen molar-refractivity contribution in [3.05, 3.63) is 41.9 Å². The first-order chi connectivity index (χ1) is 9.40. The lowest BCUT2D eigenvalue weighted by atomic mass is 10.1. The standard InChI is InChI=1S/C13H17N3O3S/c1-10-15-13(20(14,17)18)9-16(10)8-7-11-3-5-12(19-2)6-4-11/h3-6,9H,7-8H2,1-2H3,(H2,14,17,18). The molecule has 0 bridgehead atoms. The first kappa shape index (κ1) is 14.5. The van der Waals surface area contributed by atoms with Gasteiger partial charge in [-0.3, -0.25) is 0 Å². The van der Waals surface area contributed by atoms with Crippen molar-refractivity contribution in [1.29, 1.82) is 0 Å². The second kappa shape index (κ2) is 5.64. The molecule has 7 heteroatoms. The van der Waals surface area contributed by atoms with Crippen LogP contribution < -0.4 is 9.88 Å². The molecular formula is C13H17N3O3S. The smallest absolute Gasteiger partial charge is 0.257 e. The lowest BCUT2D eigenvalue weighted by Crippen LogP contribution is -2.12. The van der Waals surface area contributed by atoms with Crippen LogP contribution >= 0.6 is 0 Å². The number of ether oxygens (including phenoxy) is 1. The van der Waals surface area contributed by atoms with Crippen LogP contribution in [0.3, 0.4) is 0 Å². The maximum absolute atomic E-state index is 11.2. The molecule has 0 radical (unpaired) electrons. The van der Waals surface area contributed by atoms with Gasteiger partial charge in [0, 0.05) is 12.7 Å². The van der Waals surface area contributed by atoms with Crippen LogP contribution in [0, 0.1) is 6.92 Å². The fourth-order valence-electron chi connectivity index (χ4n) is 1.88. The summed E-state index contributed by atoms with van der Waals surface area (Å²) in [6, 6.07) is 7.75. The number of hydrogen-bond donors (Lipinski definition) is 1. The predicted molar refractivity (Wildman–Crippen MR) is 75.0 cm³/mol. The van der Waals surface area contributed by atoms with E-state index in [2.05, 4.69) is 4.98 Å². The van der Waals surface area contributed by atoms with Gasteiger partial charge in [-0.05, 0) is 31.0 Å². The molecule has 2 rings (SSSR count). The Morgan fingerprint density at radius 1 is 1.30 bits per heavy atom. The average Bonchev–Trinajstić information content (AvgIpc) is 2.78. The summed E-state index contributed by atoms with van der Waals surface area (Å²) in [4.78, 5) is 3.95. The Balaban J connectivity index is 2.08. The van der Waals surface area contributed by atoms with E-state index in [1.165, 1.54) is 6.20 Å². The van der Waals surface area contributed by atoms with Gasteiger partial charge in [-0.25, -0.2) is 18.5 Å². The molecule has 2 aromatic rings. The molecule has 0 fully saturated rings. The van der Waals surface area contributed by atoms with Gasteiger partial charge < -0.3 is 9.30 Å². The van der Waals surface area contributed by atoms with E-state index >= 15 is 0 Å². The molecule has 108 valence electrons. The summed E-state index contributed by atoms with van der Waals surface area (Å²) in [7, 11) is -2.12. The third kappa shape index (κ3) is 3.37.